The highest BCUT2D eigenvalue weighted by Gasteiger charge is 2.35. The second-order valence-electron chi connectivity index (χ2n) is 6.11. The molecule has 182 valence electrons. The van der Waals surface area contributed by atoms with Gasteiger partial charge in [-0.15, -0.1) is 0 Å². The Labute approximate surface area is 180 Å². The predicted molar refractivity (Wildman–Crippen MR) is 97.8 cm³/mol. The lowest BCUT2D eigenvalue weighted by Gasteiger charge is -2.31. The number of rotatable bonds is 6. The monoisotopic (exact) mass is 468 g/mol. The van der Waals surface area contributed by atoms with Gasteiger partial charge in [0, 0.05) is 11.8 Å². The molecule has 0 saturated carbocycles. The van der Waals surface area contributed by atoms with Gasteiger partial charge in [0.1, 0.15) is 12.1 Å². The number of methoxy groups -OCH3 is 2. The maximum Gasteiger partial charge on any atom is 0.414 e. The minimum Gasteiger partial charge on any atom is -0.480 e. The van der Waals surface area contributed by atoms with Crippen molar-refractivity contribution in [3.8, 4) is 0 Å². The lowest BCUT2D eigenvalue weighted by atomic mass is 9.98. The second kappa shape index (κ2) is 14.4. The van der Waals surface area contributed by atoms with E-state index in [2.05, 4.69) is 20.1 Å². The summed E-state index contributed by atoms with van der Waals surface area (Å²) in [5.74, 6) is -6.10. The van der Waals surface area contributed by atoms with E-state index in [0.29, 0.717) is 26.4 Å². The molecular formula is C16H24N2O14. The molecule has 0 aliphatic carbocycles. The molecule has 2 amide bonds. The number of alkyl carbamates (subject to hydrolysis) is 2. The average molecular weight is 468 g/mol. The number of carboxylic acid groups (broad SMARTS) is 4. The van der Waals surface area contributed by atoms with E-state index >= 15 is 0 Å². The zero-order chi connectivity index (χ0) is 24.8. The van der Waals surface area contributed by atoms with E-state index in [-0.39, 0.29) is 11.8 Å². The van der Waals surface area contributed by atoms with Gasteiger partial charge >= 0.3 is 36.1 Å². The summed E-state index contributed by atoms with van der Waals surface area (Å²) in [7, 11) is 2.37. The largest absolute Gasteiger partial charge is 0.480 e. The van der Waals surface area contributed by atoms with Crippen LogP contribution in [0.1, 0.15) is 0 Å². The fraction of sp³-hybridized carbons (Fsp3) is 0.625. The molecule has 2 fully saturated rings. The molecule has 0 aromatic heterocycles. The van der Waals surface area contributed by atoms with Crippen LogP contribution >= 0.6 is 0 Å². The molecule has 2 unspecified atom stereocenters. The highest BCUT2D eigenvalue weighted by atomic mass is 16.5. The lowest BCUT2D eigenvalue weighted by Crippen LogP contribution is -2.52. The van der Waals surface area contributed by atoms with Crippen molar-refractivity contribution in [2.24, 2.45) is 11.8 Å². The summed E-state index contributed by atoms with van der Waals surface area (Å²) in [6.07, 6.45) is -1.47. The first-order valence-corrected chi connectivity index (χ1v) is 8.70. The van der Waals surface area contributed by atoms with E-state index in [0.717, 1.165) is 0 Å². The van der Waals surface area contributed by atoms with Crippen LogP contribution in [0.2, 0.25) is 0 Å². The van der Waals surface area contributed by atoms with Gasteiger partial charge in [-0.1, -0.05) is 0 Å². The number of hydrogen-bond donors (Lipinski definition) is 6. The zero-order valence-corrected chi connectivity index (χ0v) is 17.0. The van der Waals surface area contributed by atoms with Gasteiger partial charge in [0.25, 0.3) is 0 Å². The van der Waals surface area contributed by atoms with Crippen molar-refractivity contribution < 1.29 is 68.1 Å². The Balaban J connectivity index is 0.000000484. The molecular weight excluding hydrogens is 444 g/mol. The van der Waals surface area contributed by atoms with Crippen molar-refractivity contribution in [1.29, 1.82) is 0 Å². The molecule has 16 nitrogen and oxygen atoms in total. The minimum absolute atomic E-state index is 0.156. The van der Waals surface area contributed by atoms with Crippen molar-refractivity contribution in [3.63, 3.8) is 0 Å². The molecule has 6 N–H and O–H groups in total. The number of carboxylic acids is 4. The van der Waals surface area contributed by atoms with E-state index in [1.807, 2.05) is 0 Å². The van der Waals surface area contributed by atoms with Crippen LogP contribution < -0.4 is 10.6 Å². The van der Waals surface area contributed by atoms with Gasteiger partial charge in [-0.2, -0.15) is 0 Å². The lowest BCUT2D eigenvalue weighted by molar-refractivity contribution is -0.159. The molecule has 2 aliphatic heterocycles. The third-order valence-corrected chi connectivity index (χ3v) is 3.90. The quantitative estimate of drug-likeness (QED) is 0.232. The summed E-state index contributed by atoms with van der Waals surface area (Å²) in [5, 5.41) is 36.7. The van der Waals surface area contributed by atoms with Crippen molar-refractivity contribution >= 4 is 36.1 Å². The second-order valence-corrected chi connectivity index (χ2v) is 6.11. The normalized spacial score (nSPS) is 16.4. The molecule has 2 saturated heterocycles. The van der Waals surface area contributed by atoms with Crippen LogP contribution in [0.15, 0.2) is 0 Å². The Hall–Kier alpha value is -3.66. The van der Waals surface area contributed by atoms with Crippen LogP contribution in [-0.2, 0) is 38.1 Å². The van der Waals surface area contributed by atoms with Crippen LogP contribution in [0.5, 0.6) is 0 Å². The summed E-state index contributed by atoms with van der Waals surface area (Å²) in [6, 6.07) is -1.83. The van der Waals surface area contributed by atoms with Gasteiger partial charge in [-0.05, 0) is 0 Å². The molecule has 0 radical (unpaired) electrons. The van der Waals surface area contributed by atoms with E-state index in [9.17, 15) is 19.2 Å². The zero-order valence-electron chi connectivity index (χ0n) is 17.0. The van der Waals surface area contributed by atoms with Crippen molar-refractivity contribution in [2.45, 2.75) is 12.1 Å². The predicted octanol–water partition coefficient (Wildman–Crippen LogP) is -1.96. The van der Waals surface area contributed by atoms with Gasteiger partial charge < -0.3 is 50.0 Å². The summed E-state index contributed by atoms with van der Waals surface area (Å²) in [5.41, 5.74) is 0. The molecule has 2 aliphatic rings. The van der Waals surface area contributed by atoms with Gasteiger partial charge in [0.05, 0.1) is 40.6 Å². The molecule has 0 aromatic carbocycles. The van der Waals surface area contributed by atoms with Crippen LogP contribution in [0.3, 0.4) is 0 Å². The number of amides is 2. The third kappa shape index (κ3) is 10.4. The molecule has 16 heteroatoms. The van der Waals surface area contributed by atoms with Crippen molar-refractivity contribution in [1.82, 2.24) is 10.6 Å². The Morgan fingerprint density at radius 1 is 0.688 bits per heavy atom. The summed E-state index contributed by atoms with van der Waals surface area (Å²) >= 11 is 0. The van der Waals surface area contributed by atoms with Gasteiger partial charge in [0.2, 0.25) is 0 Å². The standard InChI is InChI=1S/2C7H11NO5.C2H2O4/c2*1-12-7(11)8-5(6(9)10)4-2-13-3-4;3-1(4)2(5)6/h2*4-5H,2-3H2,1H3,(H,8,11)(H,9,10);(H,3,4)(H,5,6). The Morgan fingerprint density at radius 2 is 0.969 bits per heavy atom. The van der Waals surface area contributed by atoms with Crippen LogP contribution in [-0.4, -0.2) is 109 Å². The Morgan fingerprint density at radius 3 is 1.09 bits per heavy atom. The first-order chi connectivity index (χ1) is 14.9. The molecule has 2 heterocycles. The van der Waals surface area contributed by atoms with Crippen molar-refractivity contribution in [2.75, 3.05) is 40.6 Å². The SMILES string of the molecule is COC(=O)NC(C(=O)O)C1COC1.COC(=O)NC(C(=O)O)C1COC1.O=C(O)C(=O)O. The van der Waals surface area contributed by atoms with E-state index in [1.165, 1.54) is 14.2 Å². The Kier molecular flexibility index (Phi) is 12.7. The highest BCUT2D eigenvalue weighted by Crippen LogP contribution is 2.15. The molecule has 0 aromatic rings. The van der Waals surface area contributed by atoms with Gasteiger partial charge in [0.15, 0.2) is 0 Å². The fourth-order valence-electron chi connectivity index (χ4n) is 2.03. The number of carbonyl (C=O) groups excluding carboxylic acids is 2. The summed E-state index contributed by atoms with van der Waals surface area (Å²) in [4.78, 5) is 61.0. The smallest absolute Gasteiger partial charge is 0.414 e. The van der Waals surface area contributed by atoms with Crippen LogP contribution in [0.4, 0.5) is 9.59 Å². The third-order valence-electron chi connectivity index (χ3n) is 3.90. The highest BCUT2D eigenvalue weighted by molar-refractivity contribution is 6.27. The van der Waals surface area contributed by atoms with E-state index in [1.54, 1.807) is 0 Å². The number of aliphatic carboxylic acids is 4. The van der Waals surface area contributed by atoms with E-state index in [4.69, 9.17) is 39.5 Å². The molecule has 2 atom stereocenters. The van der Waals surface area contributed by atoms with Crippen LogP contribution in [0.25, 0.3) is 0 Å². The molecule has 0 spiro atoms. The Bertz CT molecular complexity index is 630. The molecule has 2 rings (SSSR count). The van der Waals surface area contributed by atoms with Crippen molar-refractivity contribution in [3.05, 3.63) is 0 Å². The first kappa shape index (κ1) is 28.3. The summed E-state index contributed by atoms with van der Waals surface area (Å²) < 4.78 is 18.2. The summed E-state index contributed by atoms with van der Waals surface area (Å²) in [6.45, 7) is 1.45. The number of carbonyl (C=O) groups is 6. The first-order valence-electron chi connectivity index (χ1n) is 8.70. The van der Waals surface area contributed by atoms with Gasteiger partial charge in [-0.3, -0.25) is 0 Å². The van der Waals surface area contributed by atoms with Crippen LogP contribution in [0, 0.1) is 11.8 Å². The average Bonchev–Trinajstić information content (AvgIpc) is 2.64. The topological polar surface area (TPSA) is 244 Å². The maximum absolute atomic E-state index is 10.7. The number of nitrogens with one attached hydrogen (secondary N) is 2. The molecule has 32 heavy (non-hydrogen) atoms. The minimum atomic E-state index is -1.82. The van der Waals surface area contributed by atoms with E-state index < -0.39 is 48.1 Å². The number of hydrogen-bond acceptors (Lipinski definition) is 10. The fourth-order valence-corrected chi connectivity index (χ4v) is 2.03. The van der Waals surface area contributed by atoms with Gasteiger partial charge in [-0.25, -0.2) is 28.8 Å². The number of ether oxygens (including phenoxy) is 4. The maximum atomic E-state index is 10.7. The molecule has 0 bridgehead atoms.